The molecule has 0 saturated carbocycles. The molecule has 0 aromatic carbocycles. The van der Waals surface area contributed by atoms with E-state index in [4.69, 9.17) is 56.8 Å². The molecule has 4 fully saturated rings. The van der Waals surface area contributed by atoms with Gasteiger partial charge in [-0.3, -0.25) is 38.4 Å². The number of nitrogens with zero attached hydrogens (tertiary/aromatic N) is 1. The summed E-state index contributed by atoms with van der Waals surface area (Å²) < 4.78 is 68.3. The Morgan fingerprint density at radius 1 is 0.388 bits per heavy atom. The number of ether oxygens (including phenoxy) is 12. The molecule has 17 atom stereocenters. The normalized spacial score (nSPS) is 24.3. The van der Waals surface area contributed by atoms with Crippen LogP contribution < -0.4 is 16.0 Å². The number of likely N-dealkylation sites (tertiary alicyclic amines) is 1. The van der Waals surface area contributed by atoms with Gasteiger partial charge in [0.05, 0.1) is 123 Å². The van der Waals surface area contributed by atoms with E-state index in [1.54, 1.807) is 54.4 Å². The summed E-state index contributed by atoms with van der Waals surface area (Å²) in [6, 6.07) is -0.225. The first-order chi connectivity index (χ1) is 61.3. The number of ketones is 3. The Hall–Kier alpha value is -3.33. The molecule has 0 aliphatic carbocycles. The average Bonchev–Trinajstić information content (AvgIpc) is 1.57. The van der Waals surface area contributed by atoms with Crippen LogP contribution in [-0.4, -0.2) is 332 Å². The molecule has 13 N–H and O–H groups in total. The van der Waals surface area contributed by atoms with Crippen molar-refractivity contribution in [3.8, 4) is 0 Å². The van der Waals surface area contributed by atoms with Crippen molar-refractivity contribution in [1.82, 2.24) is 20.9 Å². The Morgan fingerprint density at radius 3 is 1.22 bits per heavy atom. The maximum Gasteiger partial charge on any atom is 0.407 e. The molecule has 0 spiro atoms. The van der Waals surface area contributed by atoms with Crippen LogP contribution in [0.15, 0.2) is 0 Å². The molecule has 38 heteroatoms. The zero-order chi connectivity index (χ0) is 92.8. The molecule has 4 aliphatic rings. The number of alkyl carbamates (subject to hydrolysis) is 1. The zero-order valence-corrected chi connectivity index (χ0v) is 81.4. The molecule has 0 aromatic rings. The fourth-order valence-corrected chi connectivity index (χ4v) is 17.9. The van der Waals surface area contributed by atoms with Crippen LogP contribution in [0.2, 0.25) is 0 Å². The topological polar surface area (TPSA) is 506 Å². The van der Waals surface area contributed by atoms with Gasteiger partial charge in [-0.1, -0.05) is 108 Å². The summed E-state index contributed by atoms with van der Waals surface area (Å²) in [6.07, 6.45) is 8.26. The Bertz CT molecular complexity index is 2760. The minimum absolute atomic E-state index is 0. The van der Waals surface area contributed by atoms with Gasteiger partial charge in [0.15, 0.2) is 18.9 Å². The minimum Gasteiger partial charge on any atom is -0.466 e. The van der Waals surface area contributed by atoms with Crippen molar-refractivity contribution in [1.29, 1.82) is 0 Å². The number of hydrogen-bond donors (Lipinski definition) is 13. The molecular weight excluding hydrogens is 1800 g/mol. The summed E-state index contributed by atoms with van der Waals surface area (Å²) in [4.78, 5) is 118. The van der Waals surface area contributed by atoms with E-state index >= 15 is 0 Å². The predicted molar refractivity (Wildman–Crippen MR) is 480 cm³/mol. The van der Waals surface area contributed by atoms with Gasteiger partial charge in [-0.25, -0.2) is 4.79 Å². The van der Waals surface area contributed by atoms with E-state index in [2.05, 4.69) is 16.0 Å². The maximum absolute atomic E-state index is 14.2. The van der Waals surface area contributed by atoms with Crippen molar-refractivity contribution in [2.45, 2.75) is 365 Å². The van der Waals surface area contributed by atoms with Gasteiger partial charge in [-0.05, 0) is 127 Å². The predicted octanol–water partition coefficient (Wildman–Crippen LogP) is 7.48. The zero-order valence-electron chi connectivity index (χ0n) is 76.9. The Balaban J connectivity index is 0.0000282. The van der Waals surface area contributed by atoms with Gasteiger partial charge < -0.3 is 129 Å². The number of unbranched alkanes of at least 4 members (excludes halogenated alkanes) is 13. The number of Topliss-reactive ketones (excluding diaryl/α,β-unsaturated/α-hetero) is 3. The van der Waals surface area contributed by atoms with E-state index < -0.39 is 123 Å². The average molecular weight is 1960 g/mol. The maximum atomic E-state index is 14.2. The third kappa shape index (κ3) is 52.7. The Kier molecular flexibility index (Phi) is 70.6. The number of hydrogen-bond acceptors (Lipinski definition) is 33. The number of methoxy groups -OCH3 is 1. The van der Waals surface area contributed by atoms with Crippen molar-refractivity contribution < 1.29 is 184 Å². The molecule has 0 aromatic heterocycles. The van der Waals surface area contributed by atoms with Crippen molar-refractivity contribution >= 4 is 74.7 Å². The smallest absolute Gasteiger partial charge is 0.407 e. The van der Waals surface area contributed by atoms with Crippen LogP contribution in [-0.2, 0) is 128 Å². The van der Waals surface area contributed by atoms with Crippen molar-refractivity contribution in [2.24, 2.45) is 23.2 Å². The largest absolute Gasteiger partial charge is 0.466 e. The molecule has 4 rings (SSSR count). The number of amides is 4. The fraction of sp³-hybridized carbons (Fsp3) is 0.901. The summed E-state index contributed by atoms with van der Waals surface area (Å²) in [5.74, 6) is -0.760. The second kappa shape index (κ2) is 74.8. The number of aliphatic hydroxyl groups is 10. The first-order valence-electron chi connectivity index (χ1n) is 47.2. The SMILES string of the molecule is C.CO[C@H]1C[C@H](CO)N(C(=O)CCCCC(=O)CCCSSCCOCCOCCC(=O)CC(CCCOC(=O)CCCCCCCNC(=O)CCCOC2OC(CO)C(O)C(O)C2C)(CCCOC(=O)CCCCCCCNC(=O)CCCOC2OC(CO)C(O)C(O)C2C)CCCOC(=O)NCCCCCCCC(=O)CCCOC2OC(CO)C(O)C(O)C2C)C1.[Y]. The van der Waals surface area contributed by atoms with E-state index in [0.717, 1.165) is 95.0 Å². The molecule has 4 heterocycles. The molecule has 4 amide bonds. The molecule has 35 nitrogen and oxygen atoms in total. The van der Waals surface area contributed by atoms with E-state index in [1.807, 2.05) is 0 Å². The van der Waals surface area contributed by atoms with Gasteiger partial charge in [0.25, 0.3) is 0 Å². The van der Waals surface area contributed by atoms with Gasteiger partial charge in [0.2, 0.25) is 17.7 Å². The van der Waals surface area contributed by atoms with Crippen molar-refractivity contribution in [2.75, 3.05) is 137 Å². The summed E-state index contributed by atoms with van der Waals surface area (Å²) in [5, 5.41) is 108. The number of rotatable bonds is 77. The van der Waals surface area contributed by atoms with Crippen LogP contribution in [0.25, 0.3) is 0 Å². The summed E-state index contributed by atoms with van der Waals surface area (Å²) in [5.41, 5.74) is -0.675. The molecule has 1 radical (unpaired) electrons. The van der Waals surface area contributed by atoms with Gasteiger partial charge in [0, 0.05) is 166 Å². The second-order valence-electron chi connectivity index (χ2n) is 34.4. The molecule has 15 unspecified atom stereocenters. The van der Waals surface area contributed by atoms with Gasteiger partial charge in [-0.15, -0.1) is 0 Å². The Morgan fingerprint density at radius 2 is 0.767 bits per heavy atom. The number of carbonyl (C=O) groups is 9. The third-order valence-electron chi connectivity index (χ3n) is 24.0. The number of esters is 2. The van der Waals surface area contributed by atoms with Gasteiger partial charge in [-0.2, -0.15) is 0 Å². The number of nitrogens with one attached hydrogen (secondary N) is 3. The Labute approximate surface area is 799 Å². The first-order valence-corrected chi connectivity index (χ1v) is 49.6. The number of aliphatic hydroxyl groups excluding tert-OH is 10. The van der Waals surface area contributed by atoms with Crippen molar-refractivity contribution in [3.63, 3.8) is 0 Å². The van der Waals surface area contributed by atoms with Crippen LogP contribution >= 0.6 is 21.6 Å². The fourth-order valence-electron chi connectivity index (χ4n) is 16.0. The molecule has 4 saturated heterocycles. The molecule has 0 bridgehead atoms. The summed E-state index contributed by atoms with van der Waals surface area (Å²) in [6.45, 7) is 7.48. The number of carbonyl (C=O) groups excluding carboxylic acids is 9. The molecule has 129 heavy (non-hydrogen) atoms. The van der Waals surface area contributed by atoms with Crippen molar-refractivity contribution in [3.05, 3.63) is 0 Å². The third-order valence-corrected chi connectivity index (χ3v) is 26.4. The van der Waals surface area contributed by atoms with Crippen LogP contribution in [0, 0.1) is 23.2 Å². The van der Waals surface area contributed by atoms with Gasteiger partial charge >= 0.3 is 18.0 Å². The first kappa shape index (κ1) is 122. The second-order valence-corrected chi connectivity index (χ2v) is 37.1. The molecule has 749 valence electrons. The molecular formula is C91H164N4O31S2Y. The monoisotopic (exact) mass is 1960 g/mol. The van der Waals surface area contributed by atoms with E-state index in [0.29, 0.717) is 168 Å². The van der Waals surface area contributed by atoms with E-state index in [9.17, 15) is 94.2 Å². The van der Waals surface area contributed by atoms with Crippen LogP contribution in [0.1, 0.15) is 279 Å². The van der Waals surface area contributed by atoms with E-state index in [-0.39, 0.29) is 197 Å². The van der Waals surface area contributed by atoms with Crippen LogP contribution in [0.4, 0.5) is 4.79 Å². The standard InChI is InChI=1S/C90H160N4O31S2.CH4.Y/c1-64-80(107)83(110)72(61-96)123-86(64)119-45-22-31-68(99)29-14-8-5-13-21-44-93-89(113)122-50-28-41-90(39-26-48-117-78(105)36-15-9-6-11-19-42-91-75(102)33-23-46-120-87-65(2)81(108)84(111)73(62-97)124-87,40-27-49-118-79(106)37-16-10-7-12-20-43-92-76(103)34-24-47-121-88-66(3)82(109)85(112)74(63-98)125-88)58-70(101)38-51-115-52-53-116-54-56-127-126-55-25-32-69(100)30-17-18-35-77(104)94-59-71(114-4)57-67(94)60-95;;/h64-67,71-74,80-88,95-98,107-112H,5-63H2,1-4H3,(H,91,102)(H,92,103)(H,93,113);1H4;/t64?,65?,66?,67-,71+,72?,73?,74?,80?,81?,82?,83?,84?,85?,86?,87?,88?,90?;;/m1../s1. The van der Waals surface area contributed by atoms with Crippen LogP contribution in [0.5, 0.6) is 0 Å². The molecule has 4 aliphatic heterocycles. The summed E-state index contributed by atoms with van der Waals surface area (Å²) in [7, 11) is 4.95. The van der Waals surface area contributed by atoms with Gasteiger partial charge in [0.1, 0.15) is 54.0 Å². The quantitative estimate of drug-likeness (QED) is 0.0121. The van der Waals surface area contributed by atoms with Crippen LogP contribution in [0.3, 0.4) is 0 Å². The minimum atomic E-state index is -1.23. The van der Waals surface area contributed by atoms with E-state index in [1.165, 1.54) is 0 Å². The summed E-state index contributed by atoms with van der Waals surface area (Å²) >= 11 is 0.